The zero-order valence-corrected chi connectivity index (χ0v) is 18.7. The zero-order valence-electron chi connectivity index (χ0n) is 17.9. The number of aryl methyl sites for hydroxylation is 1. The number of rotatable bonds is 7. The van der Waals surface area contributed by atoms with Crippen LogP contribution in [0.5, 0.6) is 5.75 Å². The number of hydrogen-bond donors (Lipinski definition) is 1. The van der Waals surface area contributed by atoms with Crippen molar-refractivity contribution in [3.8, 4) is 11.4 Å². The van der Waals surface area contributed by atoms with Crippen molar-refractivity contribution in [1.29, 1.82) is 0 Å². The fourth-order valence-corrected chi connectivity index (χ4v) is 4.39. The van der Waals surface area contributed by atoms with E-state index >= 15 is 0 Å². The molecule has 4 rings (SSSR count). The molecular formula is C23H27N5O2S. The van der Waals surface area contributed by atoms with Crippen LogP contribution in [0.25, 0.3) is 5.69 Å². The number of nitrogens with zero attached hydrogens (tertiary/aromatic N) is 4. The summed E-state index contributed by atoms with van der Waals surface area (Å²) in [6.45, 7) is 4.02. The Bertz CT molecular complexity index is 1030. The smallest absolute Gasteiger partial charge is 0.234 e. The highest BCUT2D eigenvalue weighted by Crippen LogP contribution is 2.29. The van der Waals surface area contributed by atoms with Crippen molar-refractivity contribution in [3.63, 3.8) is 0 Å². The number of piperidine rings is 1. The maximum atomic E-state index is 12.6. The Morgan fingerprint density at radius 1 is 1.06 bits per heavy atom. The standard InChI is InChI=1S/C23H27N5O2S/c1-17-10-12-18(13-11-17)28-22(27-14-6-3-7-15-27)25-26-23(28)31-16-21(29)24-19-8-4-5-9-20(19)30-2/h4-5,8-13H,3,6-7,14-16H2,1-2H3,(H,24,29). The topological polar surface area (TPSA) is 72.3 Å². The van der Waals surface area contributed by atoms with E-state index in [0.717, 1.165) is 37.6 Å². The number of amides is 1. The molecular weight excluding hydrogens is 410 g/mol. The lowest BCUT2D eigenvalue weighted by molar-refractivity contribution is -0.113. The maximum absolute atomic E-state index is 12.6. The highest BCUT2D eigenvalue weighted by Gasteiger charge is 2.22. The number of carbonyl (C=O) groups is 1. The van der Waals surface area contributed by atoms with Crippen molar-refractivity contribution < 1.29 is 9.53 Å². The molecule has 0 atom stereocenters. The monoisotopic (exact) mass is 437 g/mol. The number of thioether (sulfide) groups is 1. The lowest BCUT2D eigenvalue weighted by Crippen LogP contribution is -2.31. The number of aromatic nitrogens is 3. The first-order valence-corrected chi connectivity index (χ1v) is 11.5. The van der Waals surface area contributed by atoms with Crippen molar-refractivity contribution >= 4 is 29.3 Å². The van der Waals surface area contributed by atoms with E-state index in [1.54, 1.807) is 7.11 Å². The lowest BCUT2D eigenvalue weighted by atomic mass is 10.1. The molecule has 31 heavy (non-hydrogen) atoms. The number of anilines is 2. The molecule has 1 amide bonds. The van der Waals surface area contributed by atoms with Gasteiger partial charge in [-0.2, -0.15) is 0 Å². The molecule has 1 aromatic heterocycles. The molecule has 1 saturated heterocycles. The molecule has 8 heteroatoms. The molecule has 1 aliphatic rings. The summed E-state index contributed by atoms with van der Waals surface area (Å²) >= 11 is 1.38. The van der Waals surface area contributed by atoms with E-state index in [9.17, 15) is 4.79 Å². The molecule has 1 fully saturated rings. The van der Waals surface area contributed by atoms with Gasteiger partial charge >= 0.3 is 0 Å². The number of nitrogens with one attached hydrogen (secondary N) is 1. The van der Waals surface area contributed by atoms with Gasteiger partial charge in [0.1, 0.15) is 5.75 Å². The van der Waals surface area contributed by atoms with Gasteiger partial charge in [-0.1, -0.05) is 41.6 Å². The van der Waals surface area contributed by atoms with E-state index in [4.69, 9.17) is 4.74 Å². The molecule has 0 unspecified atom stereocenters. The third-order valence-electron chi connectivity index (χ3n) is 5.26. The van der Waals surface area contributed by atoms with Gasteiger partial charge in [0.2, 0.25) is 11.9 Å². The molecule has 2 aromatic carbocycles. The Kier molecular flexibility index (Phi) is 6.76. The van der Waals surface area contributed by atoms with Crippen LogP contribution in [-0.2, 0) is 4.79 Å². The molecule has 162 valence electrons. The Labute approximate surface area is 186 Å². The normalized spacial score (nSPS) is 13.8. The molecule has 0 radical (unpaired) electrons. The quantitative estimate of drug-likeness (QED) is 0.556. The van der Waals surface area contributed by atoms with Crippen molar-refractivity contribution in [3.05, 3.63) is 54.1 Å². The number of hydrogen-bond acceptors (Lipinski definition) is 6. The highest BCUT2D eigenvalue weighted by molar-refractivity contribution is 7.99. The van der Waals surface area contributed by atoms with Gasteiger partial charge in [-0.3, -0.25) is 9.36 Å². The third-order valence-corrected chi connectivity index (χ3v) is 6.19. The van der Waals surface area contributed by atoms with Gasteiger partial charge in [-0.15, -0.1) is 10.2 Å². The van der Waals surface area contributed by atoms with Crippen LogP contribution in [0.3, 0.4) is 0 Å². The highest BCUT2D eigenvalue weighted by atomic mass is 32.2. The minimum absolute atomic E-state index is 0.118. The Balaban J connectivity index is 1.54. The Morgan fingerprint density at radius 2 is 1.81 bits per heavy atom. The number of benzene rings is 2. The van der Waals surface area contributed by atoms with Crippen molar-refractivity contribution in [2.24, 2.45) is 0 Å². The summed E-state index contributed by atoms with van der Waals surface area (Å²) in [6.07, 6.45) is 3.56. The average molecular weight is 438 g/mol. The molecule has 0 spiro atoms. The fraction of sp³-hybridized carbons (Fsp3) is 0.348. The first-order valence-electron chi connectivity index (χ1n) is 10.5. The van der Waals surface area contributed by atoms with Crippen LogP contribution >= 0.6 is 11.8 Å². The Morgan fingerprint density at radius 3 is 2.55 bits per heavy atom. The van der Waals surface area contributed by atoms with Crippen LogP contribution in [0.1, 0.15) is 24.8 Å². The van der Waals surface area contributed by atoms with Crippen molar-refractivity contribution in [2.45, 2.75) is 31.3 Å². The van der Waals surface area contributed by atoms with Crippen LogP contribution < -0.4 is 15.0 Å². The SMILES string of the molecule is COc1ccccc1NC(=O)CSc1nnc(N2CCCCC2)n1-c1ccc(C)cc1. The van der Waals surface area contributed by atoms with Crippen molar-refractivity contribution in [2.75, 3.05) is 36.2 Å². The second kappa shape index (κ2) is 9.87. The summed E-state index contributed by atoms with van der Waals surface area (Å²) in [4.78, 5) is 14.9. The molecule has 3 aromatic rings. The van der Waals surface area contributed by atoms with Crippen LogP contribution in [0.4, 0.5) is 11.6 Å². The summed E-state index contributed by atoms with van der Waals surface area (Å²) in [5.41, 5.74) is 2.86. The average Bonchev–Trinajstić information content (AvgIpc) is 3.23. The number of methoxy groups -OCH3 is 1. The molecule has 0 aliphatic carbocycles. The summed E-state index contributed by atoms with van der Waals surface area (Å²) in [5.74, 6) is 1.59. The van der Waals surface area contributed by atoms with Gasteiger partial charge in [0.25, 0.3) is 0 Å². The Hall–Kier alpha value is -3.00. The maximum Gasteiger partial charge on any atom is 0.234 e. The van der Waals surface area contributed by atoms with Gasteiger partial charge < -0.3 is 15.0 Å². The summed E-state index contributed by atoms with van der Waals surface area (Å²) < 4.78 is 7.37. The van der Waals surface area contributed by atoms with Gasteiger partial charge in [0, 0.05) is 13.1 Å². The molecule has 0 bridgehead atoms. The van der Waals surface area contributed by atoms with E-state index in [1.807, 2.05) is 24.3 Å². The first-order chi connectivity index (χ1) is 15.2. The van der Waals surface area contributed by atoms with Gasteiger partial charge in [-0.25, -0.2) is 0 Å². The molecule has 7 nitrogen and oxygen atoms in total. The van der Waals surface area contributed by atoms with Gasteiger partial charge in [-0.05, 0) is 50.5 Å². The van der Waals surface area contributed by atoms with Crippen LogP contribution in [-0.4, -0.2) is 46.6 Å². The van der Waals surface area contributed by atoms with Gasteiger partial charge in [0.15, 0.2) is 5.16 Å². The second-order valence-corrected chi connectivity index (χ2v) is 8.48. The van der Waals surface area contributed by atoms with Crippen LogP contribution in [0.15, 0.2) is 53.7 Å². The fourth-order valence-electron chi connectivity index (χ4n) is 3.64. The van der Waals surface area contributed by atoms with Crippen LogP contribution in [0.2, 0.25) is 0 Å². The first kappa shape index (κ1) is 21.2. The van der Waals surface area contributed by atoms with Crippen molar-refractivity contribution in [1.82, 2.24) is 14.8 Å². The predicted molar refractivity (Wildman–Crippen MR) is 125 cm³/mol. The largest absolute Gasteiger partial charge is 0.495 e. The minimum atomic E-state index is -0.118. The number of ether oxygens (including phenoxy) is 1. The molecule has 0 saturated carbocycles. The summed E-state index contributed by atoms with van der Waals surface area (Å²) in [5, 5.41) is 12.6. The molecule has 2 heterocycles. The summed E-state index contributed by atoms with van der Waals surface area (Å²) in [6, 6.07) is 15.7. The van der Waals surface area contributed by atoms with E-state index in [1.165, 1.54) is 23.7 Å². The van der Waals surface area contributed by atoms with Gasteiger partial charge in [0.05, 0.1) is 24.2 Å². The third kappa shape index (κ3) is 5.02. The van der Waals surface area contributed by atoms with Crippen LogP contribution in [0, 0.1) is 6.92 Å². The zero-order chi connectivity index (χ0) is 21.6. The molecule has 1 N–H and O–H groups in total. The molecule has 1 aliphatic heterocycles. The van der Waals surface area contributed by atoms with E-state index < -0.39 is 0 Å². The summed E-state index contributed by atoms with van der Waals surface area (Å²) in [7, 11) is 1.59. The predicted octanol–water partition coefficient (Wildman–Crippen LogP) is 4.31. The number of para-hydroxylation sites is 2. The van der Waals surface area contributed by atoms with E-state index in [-0.39, 0.29) is 11.7 Å². The number of carbonyl (C=O) groups excluding carboxylic acids is 1. The van der Waals surface area contributed by atoms with E-state index in [2.05, 4.69) is 56.2 Å². The van der Waals surface area contributed by atoms with E-state index in [0.29, 0.717) is 16.6 Å². The minimum Gasteiger partial charge on any atom is -0.495 e. The second-order valence-electron chi connectivity index (χ2n) is 7.54. The lowest BCUT2D eigenvalue weighted by Gasteiger charge is -2.27.